The first kappa shape index (κ1) is 40.4. The molecule has 1 fully saturated rings. The molecule has 0 aliphatic carbocycles. The van der Waals surface area contributed by atoms with Crippen molar-refractivity contribution in [2.45, 2.75) is 118 Å². The van der Waals surface area contributed by atoms with Crippen molar-refractivity contribution in [1.29, 1.82) is 0 Å². The van der Waals surface area contributed by atoms with Crippen LogP contribution in [0, 0.1) is 10.5 Å². The van der Waals surface area contributed by atoms with Crippen LogP contribution in [0.4, 0.5) is 0 Å². The van der Waals surface area contributed by atoms with Gasteiger partial charge in [-0.3, -0.25) is 14.6 Å². The molecule has 5 rings (SSSR count). The Kier molecular flexibility index (Phi) is 13.0. The van der Waals surface area contributed by atoms with Gasteiger partial charge in [0.15, 0.2) is 14.5 Å². The number of likely N-dealkylation sites (N-methyl/N-ethyl adjacent to an activating group) is 1. The fourth-order valence-electron chi connectivity index (χ4n) is 6.43. The highest BCUT2D eigenvalue weighted by atomic mass is 127. The molecule has 4 aromatic rings. The Hall–Kier alpha value is -2.79. The Labute approximate surface area is 324 Å². The van der Waals surface area contributed by atoms with E-state index in [4.69, 9.17) is 38.9 Å². The van der Waals surface area contributed by atoms with Crippen LogP contribution in [0.2, 0.25) is 18.1 Å². The zero-order valence-electron chi connectivity index (χ0n) is 33.1. The normalized spacial score (nSPS) is 16.8. The smallest absolute Gasteiger partial charge is 0.246 e. The van der Waals surface area contributed by atoms with Crippen molar-refractivity contribution in [1.82, 2.24) is 39.2 Å². The monoisotopic (exact) mass is 846 g/mol. The van der Waals surface area contributed by atoms with Gasteiger partial charge in [0.1, 0.15) is 6.61 Å². The van der Waals surface area contributed by atoms with Gasteiger partial charge in [-0.05, 0) is 106 Å². The molecule has 4 aromatic heterocycles. The van der Waals surface area contributed by atoms with Gasteiger partial charge in [0.25, 0.3) is 0 Å². The third-order valence-electron chi connectivity index (χ3n) is 10.6. The quantitative estimate of drug-likeness (QED) is 0.0811. The average molecular weight is 847 g/mol. The van der Waals surface area contributed by atoms with Crippen molar-refractivity contribution in [3.05, 3.63) is 39.5 Å². The van der Waals surface area contributed by atoms with E-state index < -0.39 is 8.32 Å². The number of halogens is 1. The van der Waals surface area contributed by atoms with E-state index in [0.29, 0.717) is 38.1 Å². The molecule has 3 atom stereocenters. The number of aryl methyl sites for hydroxylation is 2. The third kappa shape index (κ3) is 8.45. The van der Waals surface area contributed by atoms with Crippen LogP contribution >= 0.6 is 22.6 Å². The minimum Gasteiger partial charge on any atom is -0.476 e. The molecule has 0 amide bonds. The van der Waals surface area contributed by atoms with E-state index in [2.05, 4.69) is 99.5 Å². The lowest BCUT2D eigenvalue weighted by Crippen LogP contribution is -2.42. The van der Waals surface area contributed by atoms with Crippen molar-refractivity contribution >= 4 is 47.9 Å². The second kappa shape index (κ2) is 16.7. The Morgan fingerprint density at radius 1 is 1.13 bits per heavy atom. The molecule has 1 saturated heterocycles. The number of aromatic nitrogens is 7. The number of rotatable bonds is 16. The molecule has 0 N–H and O–H groups in total. The van der Waals surface area contributed by atoms with Crippen LogP contribution in [0.15, 0.2) is 18.8 Å². The molecular formula is C38H59IN8O4Si. The molecule has 0 radical (unpaired) electrons. The predicted octanol–water partition coefficient (Wildman–Crippen LogP) is 8.55. The van der Waals surface area contributed by atoms with Gasteiger partial charge in [0.2, 0.25) is 11.8 Å². The van der Waals surface area contributed by atoms with Crippen LogP contribution in [0.5, 0.6) is 11.8 Å². The second-order valence-corrected chi connectivity index (χ2v) is 21.3. The summed E-state index contributed by atoms with van der Waals surface area (Å²) in [5.74, 6) is 1.36. The molecule has 286 valence electrons. The topological polar surface area (TPSA) is 107 Å². The number of hydrogen-bond acceptors (Lipinski definition) is 9. The molecule has 12 nitrogen and oxygen atoms in total. The molecule has 14 heteroatoms. The number of ether oxygens (including phenoxy) is 3. The summed E-state index contributed by atoms with van der Waals surface area (Å²) in [4.78, 5) is 7.34. The Balaban J connectivity index is 1.36. The molecule has 1 aliphatic rings. The highest BCUT2D eigenvalue weighted by Crippen LogP contribution is 2.38. The number of pyridine rings is 1. The summed E-state index contributed by atoms with van der Waals surface area (Å²) in [5.41, 5.74) is 5.38. The Morgan fingerprint density at radius 3 is 2.52 bits per heavy atom. The maximum Gasteiger partial charge on any atom is 0.246 e. The molecular weight excluding hydrogens is 787 g/mol. The fourth-order valence-corrected chi connectivity index (χ4v) is 8.21. The number of hydrogen-bond donors (Lipinski definition) is 0. The summed E-state index contributed by atoms with van der Waals surface area (Å²) in [6.45, 7) is 29.9. The molecule has 1 unspecified atom stereocenters. The number of nitrogens with zero attached hydrogens (tertiary/aromatic N) is 8. The number of fused-ring (bicyclic) bond motifs is 1. The summed E-state index contributed by atoms with van der Waals surface area (Å²) in [6.07, 6.45) is 6.72. The molecule has 5 heterocycles. The molecule has 1 aliphatic heterocycles. The largest absolute Gasteiger partial charge is 0.476 e. The Bertz CT molecular complexity index is 1840. The second-order valence-electron chi connectivity index (χ2n) is 15.4. The van der Waals surface area contributed by atoms with Gasteiger partial charge in [-0.15, -0.1) is 5.10 Å². The van der Waals surface area contributed by atoms with Crippen LogP contribution in [-0.2, 0) is 22.8 Å². The van der Waals surface area contributed by atoms with Gasteiger partial charge in [-0.1, -0.05) is 34.3 Å². The minimum atomic E-state index is -1.92. The van der Waals surface area contributed by atoms with E-state index in [1.807, 2.05) is 36.5 Å². The lowest BCUT2D eigenvalue weighted by atomic mass is 10.1. The highest BCUT2D eigenvalue weighted by molar-refractivity contribution is 14.1. The summed E-state index contributed by atoms with van der Waals surface area (Å²) >= 11 is 2.39. The third-order valence-corrected chi connectivity index (χ3v) is 16.2. The minimum absolute atomic E-state index is 0.0471. The van der Waals surface area contributed by atoms with Crippen molar-refractivity contribution in [3.8, 4) is 23.0 Å². The zero-order chi connectivity index (χ0) is 38.0. The van der Waals surface area contributed by atoms with Crippen LogP contribution < -0.4 is 9.47 Å². The fraction of sp³-hybridized carbons (Fsp3) is 0.632. The first-order valence-electron chi connectivity index (χ1n) is 18.7. The van der Waals surface area contributed by atoms with Gasteiger partial charge < -0.3 is 18.6 Å². The van der Waals surface area contributed by atoms with Crippen LogP contribution in [-0.4, -0.2) is 86.6 Å². The van der Waals surface area contributed by atoms with Crippen LogP contribution in [0.3, 0.4) is 0 Å². The molecule has 0 aromatic carbocycles. The van der Waals surface area contributed by atoms with E-state index in [-0.39, 0.29) is 23.3 Å². The molecule has 0 saturated carbocycles. The van der Waals surface area contributed by atoms with E-state index in [0.717, 1.165) is 75.2 Å². The van der Waals surface area contributed by atoms with Gasteiger partial charge in [-0.25, -0.2) is 9.36 Å². The van der Waals surface area contributed by atoms with Gasteiger partial charge in [-0.2, -0.15) is 10.2 Å². The van der Waals surface area contributed by atoms with Gasteiger partial charge in [0.05, 0.1) is 62.9 Å². The summed E-state index contributed by atoms with van der Waals surface area (Å²) < 4.78 is 32.3. The van der Waals surface area contributed by atoms with Crippen molar-refractivity contribution < 1.29 is 18.6 Å². The first-order chi connectivity index (χ1) is 24.6. The average Bonchev–Trinajstić information content (AvgIpc) is 3.73. The molecule has 52 heavy (non-hydrogen) atoms. The van der Waals surface area contributed by atoms with E-state index in [1.54, 1.807) is 6.08 Å². The van der Waals surface area contributed by atoms with E-state index >= 15 is 0 Å². The maximum absolute atomic E-state index is 6.65. The highest BCUT2D eigenvalue weighted by Gasteiger charge is 2.38. The van der Waals surface area contributed by atoms with E-state index in [1.165, 1.54) is 0 Å². The standard InChI is InChI=1S/C38H59IN8O4Si/c1-13-29-28-20-30(40-21-31(28)47(42-29)33-18-16-17-19-49-33)34-27(6)41-44(10)37(34)50-23-25(4)45(14-2)22-32-35(39)36(48-15-3)43-46(32)26(5)24-51-52(11,12)38(7,8)9/h13,20-21,25-26,33H,1,14-19,22-24H2,2-12H3/t25-,26-,33?/m0/s1. The van der Waals surface area contributed by atoms with Crippen molar-refractivity contribution in [2.75, 3.05) is 33.0 Å². The summed E-state index contributed by atoms with van der Waals surface area (Å²) in [6, 6.07) is 2.20. The Morgan fingerprint density at radius 2 is 1.88 bits per heavy atom. The van der Waals surface area contributed by atoms with E-state index in [9.17, 15) is 0 Å². The van der Waals surface area contributed by atoms with Crippen molar-refractivity contribution in [2.24, 2.45) is 7.05 Å². The lowest BCUT2D eigenvalue weighted by Gasteiger charge is -2.37. The molecule has 0 spiro atoms. The van der Waals surface area contributed by atoms with Crippen LogP contribution in [0.25, 0.3) is 28.2 Å². The predicted molar refractivity (Wildman–Crippen MR) is 218 cm³/mol. The van der Waals surface area contributed by atoms with Crippen LogP contribution in [0.1, 0.15) is 97.1 Å². The maximum atomic E-state index is 6.65. The van der Waals surface area contributed by atoms with Gasteiger partial charge >= 0.3 is 0 Å². The zero-order valence-corrected chi connectivity index (χ0v) is 36.3. The lowest BCUT2D eigenvalue weighted by molar-refractivity contribution is -0.0367. The molecule has 0 bridgehead atoms. The van der Waals surface area contributed by atoms with Gasteiger partial charge in [0, 0.05) is 31.6 Å². The summed E-state index contributed by atoms with van der Waals surface area (Å²) in [5, 5.41) is 15.7. The first-order valence-corrected chi connectivity index (χ1v) is 22.7. The van der Waals surface area contributed by atoms with Crippen molar-refractivity contribution in [3.63, 3.8) is 0 Å². The SMILES string of the molecule is C=Cc1nn(C2CCCCO2)c2cnc(-c3c(C)nn(C)c3OC[C@H](C)N(CC)Cc3c(I)c(OCC)nn3[C@@H](C)CO[Si](C)(C)C(C)(C)C)cc12. The summed E-state index contributed by atoms with van der Waals surface area (Å²) in [7, 11) is -0.00296.